The van der Waals surface area contributed by atoms with Gasteiger partial charge in [-0.3, -0.25) is 11.3 Å². The van der Waals surface area contributed by atoms with Crippen molar-refractivity contribution < 1.29 is 4.39 Å². The highest BCUT2D eigenvalue weighted by Crippen LogP contribution is 2.22. The largest absolute Gasteiger partial charge is 0.271 e. The van der Waals surface area contributed by atoms with E-state index in [1.807, 2.05) is 0 Å². The van der Waals surface area contributed by atoms with E-state index in [-0.39, 0.29) is 11.9 Å². The van der Waals surface area contributed by atoms with Crippen molar-refractivity contribution in [1.82, 2.24) is 5.43 Å². The Labute approximate surface area is 91.1 Å². The monoisotopic (exact) mass is 258 g/mol. The smallest absolute Gasteiger partial charge is 0.137 e. The van der Waals surface area contributed by atoms with Gasteiger partial charge in [-0.25, -0.2) is 4.39 Å². The number of hydrogen-bond donors (Lipinski definition) is 2. The molecule has 0 aliphatic rings. The summed E-state index contributed by atoms with van der Waals surface area (Å²) in [7, 11) is 0. The molecule has 0 spiro atoms. The van der Waals surface area contributed by atoms with Crippen LogP contribution < -0.4 is 11.3 Å². The molecule has 0 saturated heterocycles. The van der Waals surface area contributed by atoms with Gasteiger partial charge in [0.15, 0.2) is 0 Å². The molecule has 1 aromatic rings. The van der Waals surface area contributed by atoms with Crippen LogP contribution in [0.2, 0.25) is 0 Å². The van der Waals surface area contributed by atoms with Gasteiger partial charge in [0.2, 0.25) is 0 Å². The minimum absolute atomic E-state index is 0.0237. The van der Waals surface area contributed by atoms with Gasteiger partial charge in [-0.05, 0) is 40.0 Å². The maximum absolute atomic E-state index is 12.9. The van der Waals surface area contributed by atoms with Crippen molar-refractivity contribution in [1.29, 1.82) is 0 Å². The molecule has 1 aromatic carbocycles. The number of nitrogens with one attached hydrogen (secondary N) is 1. The highest BCUT2D eigenvalue weighted by atomic mass is 79.9. The third kappa shape index (κ3) is 2.64. The summed E-state index contributed by atoms with van der Waals surface area (Å²) in [6.07, 6.45) is 2.47. The van der Waals surface area contributed by atoms with Gasteiger partial charge in [-0.1, -0.05) is 12.1 Å². The van der Waals surface area contributed by atoms with Crippen LogP contribution in [0, 0.1) is 5.82 Å². The molecule has 0 heterocycles. The molecule has 0 saturated carbocycles. The number of nitrogens with two attached hydrogens (primary N) is 1. The molecule has 0 aromatic heterocycles. The van der Waals surface area contributed by atoms with Crippen LogP contribution in [0.4, 0.5) is 4.39 Å². The molecule has 1 rings (SSSR count). The van der Waals surface area contributed by atoms with E-state index in [1.54, 1.807) is 18.2 Å². The first kappa shape index (κ1) is 11.4. The van der Waals surface area contributed by atoms with Gasteiger partial charge in [0.25, 0.3) is 0 Å². The first-order valence-corrected chi connectivity index (χ1v) is 5.00. The summed E-state index contributed by atoms with van der Waals surface area (Å²) in [6, 6.07) is 4.80. The molecule has 4 heteroatoms. The Morgan fingerprint density at radius 2 is 2.36 bits per heavy atom. The fraction of sp³-hybridized carbons (Fsp3) is 0.200. The summed E-state index contributed by atoms with van der Waals surface area (Å²) < 4.78 is 13.4. The summed E-state index contributed by atoms with van der Waals surface area (Å²) in [5.41, 5.74) is 3.58. The Bertz CT molecular complexity index is 328. The zero-order valence-corrected chi connectivity index (χ0v) is 9.22. The third-order valence-corrected chi connectivity index (χ3v) is 2.56. The summed E-state index contributed by atoms with van der Waals surface area (Å²) in [4.78, 5) is 0. The van der Waals surface area contributed by atoms with Crippen LogP contribution in [0.25, 0.3) is 0 Å². The zero-order chi connectivity index (χ0) is 10.6. The molecule has 0 aliphatic carbocycles. The Kier molecular flexibility index (Phi) is 4.25. The molecule has 2 nitrogen and oxygen atoms in total. The molecular formula is C10H12BrFN2. The molecule has 76 valence electrons. The maximum Gasteiger partial charge on any atom is 0.137 e. The Hall–Kier alpha value is -0.710. The summed E-state index contributed by atoms with van der Waals surface area (Å²) in [6.45, 7) is 3.63. The number of hydrazine groups is 1. The van der Waals surface area contributed by atoms with E-state index in [1.165, 1.54) is 6.07 Å². The van der Waals surface area contributed by atoms with Crippen molar-refractivity contribution in [2.75, 3.05) is 0 Å². The van der Waals surface area contributed by atoms with Gasteiger partial charge in [0, 0.05) is 6.04 Å². The molecule has 0 bridgehead atoms. The van der Waals surface area contributed by atoms with Crippen LogP contribution in [0.1, 0.15) is 18.0 Å². The fourth-order valence-corrected chi connectivity index (χ4v) is 1.59. The first-order chi connectivity index (χ1) is 6.69. The lowest BCUT2D eigenvalue weighted by Gasteiger charge is -2.14. The topological polar surface area (TPSA) is 38.0 Å². The Balaban J connectivity index is 2.93. The summed E-state index contributed by atoms with van der Waals surface area (Å²) in [5.74, 6) is 5.10. The van der Waals surface area contributed by atoms with Crippen LogP contribution in [0.3, 0.4) is 0 Å². The molecular weight excluding hydrogens is 247 g/mol. The SMILES string of the molecule is C=CCC(NN)c1ccc(F)c(Br)c1. The van der Waals surface area contributed by atoms with E-state index in [0.717, 1.165) is 5.56 Å². The van der Waals surface area contributed by atoms with Crippen LogP contribution in [-0.2, 0) is 0 Å². The quantitative estimate of drug-likeness (QED) is 0.495. The standard InChI is InChI=1S/C10H12BrFN2/c1-2-3-10(14-13)7-4-5-9(12)8(11)6-7/h2,4-6,10,14H,1,3,13H2. The van der Waals surface area contributed by atoms with Crippen LogP contribution in [-0.4, -0.2) is 0 Å². The Morgan fingerprint density at radius 1 is 1.64 bits per heavy atom. The average molecular weight is 259 g/mol. The second kappa shape index (κ2) is 5.24. The number of rotatable bonds is 4. The highest BCUT2D eigenvalue weighted by Gasteiger charge is 2.09. The van der Waals surface area contributed by atoms with Crippen LogP contribution >= 0.6 is 15.9 Å². The molecule has 3 N–H and O–H groups in total. The highest BCUT2D eigenvalue weighted by molar-refractivity contribution is 9.10. The van der Waals surface area contributed by atoms with Crippen LogP contribution in [0.5, 0.6) is 0 Å². The molecule has 0 aliphatic heterocycles. The number of hydrogen-bond acceptors (Lipinski definition) is 2. The lowest BCUT2D eigenvalue weighted by molar-refractivity contribution is 0.557. The van der Waals surface area contributed by atoms with E-state index in [4.69, 9.17) is 5.84 Å². The Morgan fingerprint density at radius 3 is 2.86 bits per heavy atom. The first-order valence-electron chi connectivity index (χ1n) is 4.21. The number of halogens is 2. The summed E-state index contributed by atoms with van der Waals surface area (Å²) >= 11 is 3.13. The normalized spacial score (nSPS) is 12.5. The maximum atomic E-state index is 12.9. The van der Waals surface area contributed by atoms with Gasteiger partial charge < -0.3 is 0 Å². The van der Waals surface area contributed by atoms with Gasteiger partial charge >= 0.3 is 0 Å². The van der Waals surface area contributed by atoms with E-state index >= 15 is 0 Å². The lowest BCUT2D eigenvalue weighted by atomic mass is 10.0. The fourth-order valence-electron chi connectivity index (χ4n) is 1.20. The van der Waals surface area contributed by atoms with Crippen molar-refractivity contribution in [3.05, 3.63) is 46.7 Å². The van der Waals surface area contributed by atoms with Crippen molar-refractivity contribution in [2.24, 2.45) is 5.84 Å². The van der Waals surface area contributed by atoms with Crippen molar-refractivity contribution in [3.8, 4) is 0 Å². The molecule has 0 fully saturated rings. The second-order valence-corrected chi connectivity index (χ2v) is 3.77. The molecule has 1 unspecified atom stereocenters. The van der Waals surface area contributed by atoms with Gasteiger partial charge in [-0.15, -0.1) is 6.58 Å². The molecule has 0 amide bonds. The zero-order valence-electron chi connectivity index (χ0n) is 7.63. The predicted molar refractivity (Wildman–Crippen MR) is 59.0 cm³/mol. The van der Waals surface area contributed by atoms with E-state index < -0.39 is 0 Å². The van der Waals surface area contributed by atoms with Crippen molar-refractivity contribution in [3.63, 3.8) is 0 Å². The number of benzene rings is 1. The predicted octanol–water partition coefficient (Wildman–Crippen LogP) is 2.67. The minimum Gasteiger partial charge on any atom is -0.271 e. The van der Waals surface area contributed by atoms with Gasteiger partial charge in [0.05, 0.1) is 4.47 Å². The third-order valence-electron chi connectivity index (χ3n) is 1.95. The van der Waals surface area contributed by atoms with E-state index in [2.05, 4.69) is 27.9 Å². The van der Waals surface area contributed by atoms with Crippen molar-refractivity contribution in [2.45, 2.75) is 12.5 Å². The van der Waals surface area contributed by atoms with Gasteiger partial charge in [0.1, 0.15) is 5.82 Å². The average Bonchev–Trinajstić information content (AvgIpc) is 2.19. The van der Waals surface area contributed by atoms with Gasteiger partial charge in [-0.2, -0.15) is 0 Å². The molecule has 1 atom stereocenters. The summed E-state index contributed by atoms with van der Waals surface area (Å²) in [5, 5.41) is 0. The van der Waals surface area contributed by atoms with Crippen molar-refractivity contribution >= 4 is 15.9 Å². The van der Waals surface area contributed by atoms with E-state index in [9.17, 15) is 4.39 Å². The minimum atomic E-state index is -0.275. The lowest BCUT2D eigenvalue weighted by Crippen LogP contribution is -2.27. The van der Waals surface area contributed by atoms with Crippen LogP contribution in [0.15, 0.2) is 35.3 Å². The second-order valence-electron chi connectivity index (χ2n) is 2.92. The van der Waals surface area contributed by atoms with E-state index in [0.29, 0.717) is 10.9 Å². The molecule has 14 heavy (non-hydrogen) atoms. The molecule has 0 radical (unpaired) electrons.